The predicted octanol–water partition coefficient (Wildman–Crippen LogP) is 6.03. The van der Waals surface area contributed by atoms with Gasteiger partial charge in [-0.3, -0.25) is 0 Å². The van der Waals surface area contributed by atoms with E-state index in [0.29, 0.717) is 6.16 Å². The zero-order valence-corrected chi connectivity index (χ0v) is 18.5. The van der Waals surface area contributed by atoms with Gasteiger partial charge in [-0.1, -0.05) is 0 Å². The molecule has 3 aromatic carbocycles. The molecule has 0 bridgehead atoms. The van der Waals surface area contributed by atoms with Crippen molar-refractivity contribution < 1.29 is 0 Å². The Hall–Kier alpha value is -1.99. The Morgan fingerprint density at radius 1 is 0.643 bits per heavy atom. The summed E-state index contributed by atoms with van der Waals surface area (Å²) >= 11 is 11.5. The summed E-state index contributed by atoms with van der Waals surface area (Å²) in [6.45, 7) is 0. The van der Waals surface area contributed by atoms with Gasteiger partial charge in [-0.2, -0.15) is 0 Å². The van der Waals surface area contributed by atoms with Crippen LogP contribution in [0.4, 0.5) is 0 Å². The van der Waals surface area contributed by atoms with Gasteiger partial charge in [0.05, 0.1) is 0 Å². The third kappa shape index (κ3) is 3.31. The van der Waals surface area contributed by atoms with E-state index >= 15 is 0 Å². The van der Waals surface area contributed by atoms with E-state index in [1.165, 1.54) is 0 Å². The van der Waals surface area contributed by atoms with E-state index in [1.807, 2.05) is 30.5 Å². The second-order valence-electron chi connectivity index (χ2n) is 6.82. The third-order valence-electron chi connectivity index (χ3n) is 5.13. The quantitative estimate of drug-likeness (QED) is 0.326. The first-order chi connectivity index (χ1) is 13.6. The number of rotatable bonds is 5. The molecular weight excluding hydrogens is 449 g/mol. The van der Waals surface area contributed by atoms with Gasteiger partial charge in [-0.25, -0.2) is 0 Å². The molecule has 1 aromatic heterocycles. The molecule has 0 saturated heterocycles. The van der Waals surface area contributed by atoms with Gasteiger partial charge in [0.2, 0.25) is 0 Å². The molecule has 0 radical (unpaired) electrons. The number of halogens is 2. The number of hydrogen-bond donors (Lipinski definition) is 0. The number of hydrogen-bond acceptors (Lipinski definition) is 1. The summed E-state index contributed by atoms with van der Waals surface area (Å²) in [5, 5.41) is 3.45. The first-order valence-corrected chi connectivity index (χ1v) is 13.2. The number of benzene rings is 3. The fourth-order valence-corrected chi connectivity index (χ4v) is 9.98. The molecule has 4 aromatic rings. The zero-order valence-electron chi connectivity index (χ0n) is 15.2. The van der Waals surface area contributed by atoms with Crippen molar-refractivity contribution in [1.82, 2.24) is 4.98 Å². The van der Waals surface area contributed by atoms with E-state index in [-0.39, 0.29) is 0 Å². The van der Waals surface area contributed by atoms with Gasteiger partial charge >= 0.3 is 180 Å². The molecule has 0 amide bonds. The van der Waals surface area contributed by atoms with E-state index in [4.69, 9.17) is 11.2 Å². The molecule has 0 aliphatic rings. The summed E-state index contributed by atoms with van der Waals surface area (Å²) < 4.78 is 0.963. The summed E-state index contributed by atoms with van der Waals surface area (Å²) in [7, 11) is 0. The van der Waals surface area contributed by atoms with E-state index in [1.54, 1.807) is 0 Å². The fourth-order valence-electron chi connectivity index (χ4n) is 3.74. The van der Waals surface area contributed by atoms with Gasteiger partial charge in [0.1, 0.15) is 0 Å². The van der Waals surface area contributed by atoms with Gasteiger partial charge < -0.3 is 0 Å². The Kier molecular flexibility index (Phi) is 5.38. The molecule has 0 saturated carbocycles. The molecule has 4 rings (SSSR count). The van der Waals surface area contributed by atoms with Crippen LogP contribution in [0.25, 0.3) is 0 Å². The van der Waals surface area contributed by atoms with Gasteiger partial charge in [0, 0.05) is 0 Å². The SMILES string of the molecule is ClP(Cc1ccc(Br)cn1)(c1ccccc1)(c1ccccc1)c1ccccc1. The van der Waals surface area contributed by atoms with Gasteiger partial charge in [-0.05, 0) is 0 Å². The molecule has 1 nitrogen and oxygen atoms in total. The fraction of sp³-hybridized carbons (Fsp3) is 0.0417. The summed E-state index contributed by atoms with van der Waals surface area (Å²) in [5.74, 6) is -3.30. The maximum atomic E-state index is 8.03. The molecule has 1 heterocycles. The van der Waals surface area contributed by atoms with Crippen molar-refractivity contribution in [3.05, 3.63) is 119 Å². The summed E-state index contributed by atoms with van der Waals surface area (Å²) in [6.07, 6.45) is 2.49. The zero-order chi connectivity index (χ0) is 19.5. The minimum absolute atomic E-state index is 0.651. The molecule has 0 aliphatic carbocycles. The predicted molar refractivity (Wildman–Crippen MR) is 127 cm³/mol. The number of nitrogens with zero attached hydrogens (tertiary/aromatic N) is 1. The molecule has 0 unspecified atom stereocenters. The monoisotopic (exact) mass is 467 g/mol. The molecule has 0 fully saturated rings. The standard InChI is InChI=1S/C24H20BrClNP/c25-20-16-17-21(27-18-20)19-28(26,22-10-4-1-5-11-22,23-12-6-2-7-13-23)24-14-8-3-9-15-24/h1-18H,19H2. The average molecular weight is 469 g/mol. The Morgan fingerprint density at radius 3 is 1.43 bits per heavy atom. The Bertz CT molecular complexity index is 955. The molecule has 0 spiro atoms. The van der Waals surface area contributed by atoms with Gasteiger partial charge in [-0.15, -0.1) is 0 Å². The number of aromatic nitrogens is 1. The van der Waals surface area contributed by atoms with Gasteiger partial charge in [0.25, 0.3) is 0 Å². The number of pyridine rings is 1. The van der Waals surface area contributed by atoms with Crippen LogP contribution < -0.4 is 15.9 Å². The Balaban J connectivity index is 2.07. The van der Waals surface area contributed by atoms with Crippen LogP contribution in [0.15, 0.2) is 114 Å². The van der Waals surface area contributed by atoms with Crippen LogP contribution in [0.5, 0.6) is 0 Å². The third-order valence-corrected chi connectivity index (χ3v) is 12.8. The molecule has 0 N–H and O–H groups in total. The van der Waals surface area contributed by atoms with E-state index in [9.17, 15) is 0 Å². The molecule has 4 heteroatoms. The van der Waals surface area contributed by atoms with Crippen molar-refractivity contribution in [2.45, 2.75) is 6.16 Å². The summed E-state index contributed by atoms with van der Waals surface area (Å²) in [4.78, 5) is 4.69. The summed E-state index contributed by atoms with van der Waals surface area (Å²) in [6, 6.07) is 35.6. The first-order valence-electron chi connectivity index (χ1n) is 9.11. The second-order valence-corrected chi connectivity index (χ2v) is 14.2. The van der Waals surface area contributed by atoms with Crippen LogP contribution in [0.2, 0.25) is 0 Å². The molecule has 0 aliphatic heterocycles. The van der Waals surface area contributed by atoms with E-state index in [0.717, 1.165) is 26.1 Å². The van der Waals surface area contributed by atoms with Crippen molar-refractivity contribution in [2.24, 2.45) is 0 Å². The van der Waals surface area contributed by atoms with Crippen LogP contribution in [0.1, 0.15) is 5.69 Å². The van der Waals surface area contributed by atoms with Crippen molar-refractivity contribution in [3.63, 3.8) is 0 Å². The van der Waals surface area contributed by atoms with Crippen LogP contribution in [-0.2, 0) is 6.16 Å². The Morgan fingerprint density at radius 2 is 1.07 bits per heavy atom. The van der Waals surface area contributed by atoms with Crippen molar-refractivity contribution in [3.8, 4) is 0 Å². The average Bonchev–Trinajstić information content (AvgIpc) is 2.77. The normalized spacial score (nSPS) is 12.9. The van der Waals surface area contributed by atoms with Crippen molar-refractivity contribution >= 4 is 49.0 Å². The van der Waals surface area contributed by atoms with E-state index in [2.05, 4.69) is 99.8 Å². The second kappa shape index (κ2) is 7.79. The Labute approximate surface area is 179 Å². The van der Waals surface area contributed by atoms with Crippen LogP contribution in [-0.4, -0.2) is 4.98 Å². The van der Waals surface area contributed by atoms with Crippen molar-refractivity contribution in [1.29, 1.82) is 0 Å². The van der Waals surface area contributed by atoms with Crippen LogP contribution >= 0.6 is 33.1 Å². The van der Waals surface area contributed by atoms with E-state index < -0.39 is 5.96 Å². The van der Waals surface area contributed by atoms with Crippen LogP contribution in [0, 0.1) is 0 Å². The van der Waals surface area contributed by atoms with Crippen molar-refractivity contribution in [2.75, 3.05) is 0 Å². The minimum atomic E-state index is -3.30. The molecular formula is C24H20BrClNP. The maximum absolute atomic E-state index is 8.03. The van der Waals surface area contributed by atoms with Gasteiger partial charge in [0.15, 0.2) is 0 Å². The molecule has 0 atom stereocenters. The van der Waals surface area contributed by atoms with Crippen LogP contribution in [0.3, 0.4) is 0 Å². The molecule has 140 valence electrons. The first kappa shape index (κ1) is 19.3. The topological polar surface area (TPSA) is 12.9 Å². The summed E-state index contributed by atoms with van der Waals surface area (Å²) in [5.41, 5.74) is 0.979. The molecule has 28 heavy (non-hydrogen) atoms.